The van der Waals surface area contributed by atoms with Crippen LogP contribution in [0.5, 0.6) is 0 Å². The molecule has 0 bridgehead atoms. The summed E-state index contributed by atoms with van der Waals surface area (Å²) in [5, 5.41) is 11.3. The molecule has 0 spiro atoms. The number of carbonyl (C=O) groups is 2. The fourth-order valence-electron chi connectivity index (χ4n) is 3.17. The maximum Gasteiger partial charge on any atom is 0.300 e. The van der Waals surface area contributed by atoms with Gasteiger partial charge in [0.15, 0.2) is 0 Å². The van der Waals surface area contributed by atoms with Crippen molar-refractivity contribution < 1.29 is 19.1 Å². The fourth-order valence-corrected chi connectivity index (χ4v) is 3.29. The van der Waals surface area contributed by atoms with Crippen molar-refractivity contribution in [2.75, 3.05) is 4.90 Å². The lowest BCUT2D eigenvalue weighted by atomic mass is 9.99. The van der Waals surface area contributed by atoms with Crippen molar-refractivity contribution in [1.29, 1.82) is 0 Å². The number of hydrogen-bond acceptors (Lipinski definition) is 4. The molecular weight excluding hydrogens is 366 g/mol. The number of benzene rings is 2. The molecule has 1 N–H and O–H groups in total. The maximum absolute atomic E-state index is 12.8. The van der Waals surface area contributed by atoms with Gasteiger partial charge < -0.3 is 9.52 Å². The SMILES string of the molecule is O=C1C(=O)N(c2ccccc2)C(c2ccco2)/C1=C(/O)c1ccc(Cl)cc1. The number of furan rings is 1. The molecule has 2 heterocycles. The first-order chi connectivity index (χ1) is 13.1. The van der Waals surface area contributed by atoms with E-state index in [1.54, 1.807) is 60.7 Å². The predicted octanol–water partition coefficient (Wildman–Crippen LogP) is 4.56. The van der Waals surface area contributed by atoms with E-state index in [0.29, 0.717) is 22.0 Å². The minimum atomic E-state index is -0.863. The lowest BCUT2D eigenvalue weighted by Gasteiger charge is -2.23. The average Bonchev–Trinajstić information content (AvgIpc) is 3.30. The Hall–Kier alpha value is -3.31. The van der Waals surface area contributed by atoms with E-state index in [1.165, 1.54) is 11.2 Å². The number of amides is 1. The molecule has 1 saturated heterocycles. The quantitative estimate of drug-likeness (QED) is 0.411. The molecule has 4 rings (SSSR count). The molecule has 0 radical (unpaired) electrons. The summed E-state index contributed by atoms with van der Waals surface area (Å²) in [5.74, 6) is -1.38. The van der Waals surface area contributed by atoms with E-state index in [2.05, 4.69) is 0 Å². The highest BCUT2D eigenvalue weighted by atomic mass is 35.5. The summed E-state index contributed by atoms with van der Waals surface area (Å²) < 4.78 is 5.49. The first kappa shape index (κ1) is 17.1. The van der Waals surface area contributed by atoms with Gasteiger partial charge in [-0.2, -0.15) is 0 Å². The summed E-state index contributed by atoms with van der Waals surface area (Å²) >= 11 is 5.90. The van der Waals surface area contributed by atoms with Crippen LogP contribution in [0.15, 0.2) is 83.0 Å². The van der Waals surface area contributed by atoms with Crippen LogP contribution in [-0.2, 0) is 9.59 Å². The van der Waals surface area contributed by atoms with Gasteiger partial charge in [-0.15, -0.1) is 0 Å². The number of para-hydroxylation sites is 1. The highest BCUT2D eigenvalue weighted by molar-refractivity contribution is 6.51. The molecule has 5 nitrogen and oxygen atoms in total. The number of ketones is 1. The first-order valence-corrected chi connectivity index (χ1v) is 8.61. The Morgan fingerprint density at radius 2 is 1.67 bits per heavy atom. The number of nitrogens with zero attached hydrogens (tertiary/aromatic N) is 1. The van der Waals surface area contributed by atoms with Crippen molar-refractivity contribution >= 4 is 34.7 Å². The van der Waals surface area contributed by atoms with Gasteiger partial charge in [0.1, 0.15) is 17.6 Å². The normalized spacial score (nSPS) is 18.9. The summed E-state index contributed by atoms with van der Waals surface area (Å²) in [4.78, 5) is 26.9. The molecule has 0 aliphatic carbocycles. The van der Waals surface area contributed by atoms with E-state index in [9.17, 15) is 14.7 Å². The van der Waals surface area contributed by atoms with Crippen LogP contribution in [-0.4, -0.2) is 16.8 Å². The van der Waals surface area contributed by atoms with Crippen LogP contribution in [0, 0.1) is 0 Å². The Bertz CT molecular complexity index is 1020. The number of carbonyl (C=O) groups excluding carboxylic acids is 2. The fraction of sp³-hybridized carbons (Fsp3) is 0.0476. The van der Waals surface area contributed by atoms with Crippen molar-refractivity contribution in [2.45, 2.75) is 6.04 Å². The molecule has 1 aromatic heterocycles. The lowest BCUT2D eigenvalue weighted by molar-refractivity contribution is -0.132. The van der Waals surface area contributed by atoms with Gasteiger partial charge in [0, 0.05) is 16.3 Å². The molecule has 1 aliphatic rings. The average molecular weight is 380 g/mol. The van der Waals surface area contributed by atoms with Gasteiger partial charge in [-0.25, -0.2) is 0 Å². The minimum absolute atomic E-state index is 0.0267. The van der Waals surface area contributed by atoms with Gasteiger partial charge >= 0.3 is 0 Å². The molecule has 1 aliphatic heterocycles. The molecule has 1 atom stereocenters. The van der Waals surface area contributed by atoms with E-state index < -0.39 is 17.7 Å². The van der Waals surface area contributed by atoms with Crippen LogP contribution in [0.4, 0.5) is 5.69 Å². The summed E-state index contributed by atoms with van der Waals surface area (Å²) in [6.45, 7) is 0. The maximum atomic E-state index is 12.8. The van der Waals surface area contributed by atoms with E-state index in [-0.39, 0.29) is 11.3 Å². The number of aliphatic hydroxyl groups is 1. The summed E-state index contributed by atoms with van der Waals surface area (Å²) in [6.07, 6.45) is 1.46. The number of hydrogen-bond donors (Lipinski definition) is 1. The number of halogens is 1. The topological polar surface area (TPSA) is 70.8 Å². The number of anilines is 1. The molecule has 1 fully saturated rings. The van der Waals surface area contributed by atoms with Crippen LogP contribution in [0.1, 0.15) is 17.4 Å². The highest BCUT2D eigenvalue weighted by Crippen LogP contribution is 2.42. The highest BCUT2D eigenvalue weighted by Gasteiger charge is 2.48. The van der Waals surface area contributed by atoms with Crippen LogP contribution < -0.4 is 4.90 Å². The first-order valence-electron chi connectivity index (χ1n) is 8.23. The monoisotopic (exact) mass is 379 g/mol. The second kappa shape index (κ2) is 6.78. The van der Waals surface area contributed by atoms with Crippen LogP contribution >= 0.6 is 11.6 Å². The molecular formula is C21H14ClNO4. The molecule has 27 heavy (non-hydrogen) atoms. The Morgan fingerprint density at radius 1 is 0.963 bits per heavy atom. The summed E-state index contributed by atoms with van der Waals surface area (Å²) in [7, 11) is 0. The molecule has 1 amide bonds. The van der Waals surface area contributed by atoms with E-state index in [4.69, 9.17) is 16.0 Å². The van der Waals surface area contributed by atoms with Crippen molar-refractivity contribution in [1.82, 2.24) is 0 Å². The number of Topliss-reactive ketones (excluding diaryl/α,β-unsaturated/α-hetero) is 1. The molecule has 6 heteroatoms. The second-order valence-corrected chi connectivity index (χ2v) is 6.46. The van der Waals surface area contributed by atoms with Gasteiger partial charge in [0.2, 0.25) is 0 Å². The summed E-state index contributed by atoms with van der Waals surface area (Å²) in [5.41, 5.74) is 0.902. The largest absolute Gasteiger partial charge is 0.507 e. The molecule has 2 aromatic carbocycles. The predicted molar refractivity (Wildman–Crippen MR) is 101 cm³/mol. The number of aliphatic hydroxyl groups excluding tert-OH is 1. The van der Waals surface area contributed by atoms with Crippen molar-refractivity contribution in [2.24, 2.45) is 0 Å². The molecule has 134 valence electrons. The zero-order chi connectivity index (χ0) is 19.0. The smallest absolute Gasteiger partial charge is 0.300 e. The zero-order valence-electron chi connectivity index (χ0n) is 14.0. The van der Waals surface area contributed by atoms with Gasteiger partial charge in [-0.1, -0.05) is 29.8 Å². The third kappa shape index (κ3) is 2.92. The van der Waals surface area contributed by atoms with Crippen molar-refractivity contribution in [3.05, 3.63) is 94.9 Å². The van der Waals surface area contributed by atoms with Crippen LogP contribution in [0.3, 0.4) is 0 Å². The van der Waals surface area contributed by atoms with Gasteiger partial charge in [-0.3, -0.25) is 14.5 Å². The molecule has 3 aromatic rings. The van der Waals surface area contributed by atoms with E-state index >= 15 is 0 Å². The number of rotatable bonds is 3. The second-order valence-electron chi connectivity index (χ2n) is 6.03. The third-order valence-electron chi connectivity index (χ3n) is 4.41. The Kier molecular flexibility index (Phi) is 4.30. The van der Waals surface area contributed by atoms with Crippen molar-refractivity contribution in [3.8, 4) is 0 Å². The zero-order valence-corrected chi connectivity index (χ0v) is 14.8. The van der Waals surface area contributed by atoms with Crippen LogP contribution in [0.25, 0.3) is 5.76 Å². The van der Waals surface area contributed by atoms with E-state index in [0.717, 1.165) is 0 Å². The van der Waals surface area contributed by atoms with E-state index in [1.807, 2.05) is 6.07 Å². The van der Waals surface area contributed by atoms with Gasteiger partial charge in [0.25, 0.3) is 11.7 Å². The van der Waals surface area contributed by atoms with Crippen molar-refractivity contribution in [3.63, 3.8) is 0 Å². The van der Waals surface area contributed by atoms with Gasteiger partial charge in [0.05, 0.1) is 11.8 Å². The lowest BCUT2D eigenvalue weighted by Crippen LogP contribution is -2.29. The molecule has 0 saturated carbocycles. The Labute approximate surface area is 160 Å². The Morgan fingerprint density at radius 3 is 2.30 bits per heavy atom. The Balaban J connectivity index is 1.92. The van der Waals surface area contributed by atoms with Crippen LogP contribution in [0.2, 0.25) is 5.02 Å². The van der Waals surface area contributed by atoms with Gasteiger partial charge in [-0.05, 0) is 48.5 Å². The third-order valence-corrected chi connectivity index (χ3v) is 4.66. The summed E-state index contributed by atoms with van der Waals surface area (Å²) in [6, 6.07) is 17.7. The molecule has 1 unspecified atom stereocenters. The standard InChI is InChI=1S/C21H14ClNO4/c22-14-10-8-13(9-11-14)19(24)17-18(16-7-4-12-27-16)23(21(26)20(17)25)15-5-2-1-3-6-15/h1-12,18,24H/b19-17-. The minimum Gasteiger partial charge on any atom is -0.507 e.